The number of nitrogens with zero attached hydrogens (tertiary/aromatic N) is 1. The predicted octanol–water partition coefficient (Wildman–Crippen LogP) is 3.08. The fraction of sp³-hybridized carbons (Fsp3) is 0.462. The molecule has 2 N–H and O–H groups in total. The Morgan fingerprint density at radius 3 is 2.61 bits per heavy atom. The van der Waals surface area contributed by atoms with E-state index in [1.807, 2.05) is 18.2 Å². The molecule has 1 aromatic rings. The summed E-state index contributed by atoms with van der Waals surface area (Å²) < 4.78 is 0. The van der Waals surface area contributed by atoms with Gasteiger partial charge in [0.15, 0.2) is 5.96 Å². The molecule has 1 aromatic carbocycles. The lowest BCUT2D eigenvalue weighted by atomic mass is 10.1. The highest BCUT2D eigenvalue weighted by Gasteiger charge is 1.97. The van der Waals surface area contributed by atoms with Crippen molar-refractivity contribution in [1.29, 1.82) is 0 Å². The van der Waals surface area contributed by atoms with Gasteiger partial charge in [0.25, 0.3) is 0 Å². The van der Waals surface area contributed by atoms with E-state index in [1.165, 1.54) is 5.56 Å². The number of hydrogen-bond donors (Lipinski definition) is 2. The standard InChI is InChI=1S/C13H20ClN3.HI/c1-3-8-16-13(15-2)17-9-7-11-5-4-6-12(14)10-11;/h4-6,10H,3,7-9H2,1-2H3,(H2,15,16,17);1H. The lowest BCUT2D eigenvalue weighted by Gasteiger charge is -2.10. The first kappa shape index (κ1) is 17.5. The lowest BCUT2D eigenvalue weighted by molar-refractivity contribution is 0.773. The van der Waals surface area contributed by atoms with Crippen molar-refractivity contribution in [2.75, 3.05) is 20.1 Å². The van der Waals surface area contributed by atoms with E-state index >= 15 is 0 Å². The summed E-state index contributed by atoms with van der Waals surface area (Å²) in [5, 5.41) is 7.29. The van der Waals surface area contributed by atoms with E-state index in [2.05, 4.69) is 28.6 Å². The molecule has 0 aliphatic rings. The first-order valence-corrected chi connectivity index (χ1v) is 6.33. The monoisotopic (exact) mass is 381 g/mol. The van der Waals surface area contributed by atoms with Gasteiger partial charge in [-0.2, -0.15) is 0 Å². The van der Waals surface area contributed by atoms with Crippen LogP contribution in [0, 0.1) is 0 Å². The molecule has 0 spiro atoms. The zero-order chi connectivity index (χ0) is 12.5. The van der Waals surface area contributed by atoms with Gasteiger partial charge in [0.2, 0.25) is 0 Å². The number of hydrogen-bond acceptors (Lipinski definition) is 1. The molecule has 3 nitrogen and oxygen atoms in total. The highest BCUT2D eigenvalue weighted by atomic mass is 127. The Morgan fingerprint density at radius 2 is 2.00 bits per heavy atom. The van der Waals surface area contributed by atoms with E-state index in [4.69, 9.17) is 11.6 Å². The molecule has 0 saturated heterocycles. The molecule has 0 bridgehead atoms. The van der Waals surface area contributed by atoms with Gasteiger partial charge in [0.1, 0.15) is 0 Å². The molecular weight excluding hydrogens is 361 g/mol. The quantitative estimate of drug-likeness (QED) is 0.467. The van der Waals surface area contributed by atoms with Crippen LogP contribution in [-0.4, -0.2) is 26.1 Å². The van der Waals surface area contributed by atoms with Crippen molar-refractivity contribution in [1.82, 2.24) is 10.6 Å². The number of nitrogens with one attached hydrogen (secondary N) is 2. The summed E-state index contributed by atoms with van der Waals surface area (Å²) in [6, 6.07) is 7.93. The second-order valence-electron chi connectivity index (χ2n) is 3.81. The Bertz CT molecular complexity index is 369. The zero-order valence-corrected chi connectivity index (χ0v) is 14.0. The van der Waals surface area contributed by atoms with Crippen LogP contribution >= 0.6 is 35.6 Å². The summed E-state index contributed by atoms with van der Waals surface area (Å²) in [5.41, 5.74) is 1.23. The summed E-state index contributed by atoms with van der Waals surface area (Å²) >= 11 is 5.93. The molecule has 0 aromatic heterocycles. The minimum absolute atomic E-state index is 0. The topological polar surface area (TPSA) is 36.4 Å². The number of guanidine groups is 1. The van der Waals surface area contributed by atoms with E-state index in [1.54, 1.807) is 7.05 Å². The highest BCUT2D eigenvalue weighted by molar-refractivity contribution is 14.0. The zero-order valence-electron chi connectivity index (χ0n) is 10.9. The van der Waals surface area contributed by atoms with Crippen molar-refractivity contribution in [2.45, 2.75) is 19.8 Å². The lowest BCUT2D eigenvalue weighted by Crippen LogP contribution is -2.38. The third-order valence-electron chi connectivity index (χ3n) is 2.36. The van der Waals surface area contributed by atoms with Crippen LogP contribution < -0.4 is 10.6 Å². The van der Waals surface area contributed by atoms with E-state index in [0.717, 1.165) is 36.9 Å². The van der Waals surface area contributed by atoms with Crippen LogP contribution in [0.4, 0.5) is 0 Å². The first-order chi connectivity index (χ1) is 8.26. The number of aliphatic imine (C=N–C) groups is 1. The van der Waals surface area contributed by atoms with Crippen molar-refractivity contribution in [2.24, 2.45) is 4.99 Å². The van der Waals surface area contributed by atoms with E-state index in [9.17, 15) is 0 Å². The summed E-state index contributed by atoms with van der Waals surface area (Å²) in [6.45, 7) is 3.92. The SMILES string of the molecule is CCCNC(=NC)NCCc1cccc(Cl)c1.I. The number of rotatable bonds is 5. The third-order valence-corrected chi connectivity index (χ3v) is 2.60. The Hall–Kier alpha value is -0.490. The molecule has 0 aliphatic carbocycles. The second-order valence-corrected chi connectivity index (χ2v) is 4.24. The van der Waals surface area contributed by atoms with Gasteiger partial charge in [-0.1, -0.05) is 30.7 Å². The van der Waals surface area contributed by atoms with E-state index < -0.39 is 0 Å². The van der Waals surface area contributed by atoms with Crippen molar-refractivity contribution in [3.8, 4) is 0 Å². The molecule has 0 amide bonds. The molecule has 5 heteroatoms. The smallest absolute Gasteiger partial charge is 0.190 e. The second kappa shape index (κ2) is 10.4. The van der Waals surface area contributed by atoms with Crippen molar-refractivity contribution in [3.63, 3.8) is 0 Å². The third kappa shape index (κ3) is 7.06. The van der Waals surface area contributed by atoms with Crippen LogP contribution in [0.2, 0.25) is 5.02 Å². The Kier molecular flexibility index (Phi) is 10.2. The van der Waals surface area contributed by atoms with Crippen LogP contribution in [0.25, 0.3) is 0 Å². The molecule has 102 valence electrons. The maximum atomic E-state index is 5.93. The average Bonchev–Trinajstić information content (AvgIpc) is 2.33. The maximum Gasteiger partial charge on any atom is 0.190 e. The van der Waals surface area contributed by atoms with Crippen molar-refractivity contribution >= 4 is 41.5 Å². The van der Waals surface area contributed by atoms with Crippen molar-refractivity contribution < 1.29 is 0 Å². The molecule has 0 radical (unpaired) electrons. The van der Waals surface area contributed by atoms with Crippen LogP contribution in [0.3, 0.4) is 0 Å². The summed E-state index contributed by atoms with van der Waals surface area (Å²) in [4.78, 5) is 4.14. The van der Waals surface area contributed by atoms with Gasteiger partial charge < -0.3 is 10.6 Å². The molecular formula is C13H21ClIN3. The molecule has 1 rings (SSSR count). The van der Waals surface area contributed by atoms with Gasteiger partial charge in [0.05, 0.1) is 0 Å². The van der Waals surface area contributed by atoms with Gasteiger partial charge in [-0.3, -0.25) is 4.99 Å². The fourth-order valence-electron chi connectivity index (χ4n) is 1.48. The minimum Gasteiger partial charge on any atom is -0.356 e. The fourth-order valence-corrected chi connectivity index (χ4v) is 1.69. The summed E-state index contributed by atoms with van der Waals surface area (Å²) in [5.74, 6) is 0.855. The molecule has 0 saturated carbocycles. The van der Waals surface area contributed by atoms with Gasteiger partial charge >= 0.3 is 0 Å². The highest BCUT2D eigenvalue weighted by Crippen LogP contribution is 2.10. The number of benzene rings is 1. The number of halogens is 2. The minimum atomic E-state index is 0. The molecule has 0 fully saturated rings. The molecule has 0 unspecified atom stereocenters. The van der Waals surface area contributed by atoms with Crippen LogP contribution in [0.1, 0.15) is 18.9 Å². The summed E-state index contributed by atoms with van der Waals surface area (Å²) in [6.07, 6.45) is 2.03. The van der Waals surface area contributed by atoms with Gasteiger partial charge in [-0.25, -0.2) is 0 Å². The maximum absolute atomic E-state index is 5.93. The van der Waals surface area contributed by atoms with Crippen LogP contribution in [0.15, 0.2) is 29.3 Å². The molecule has 18 heavy (non-hydrogen) atoms. The predicted molar refractivity (Wildman–Crippen MR) is 90.2 cm³/mol. The average molecular weight is 382 g/mol. The van der Waals surface area contributed by atoms with Crippen molar-refractivity contribution in [3.05, 3.63) is 34.9 Å². The van der Waals surface area contributed by atoms with Gasteiger partial charge in [-0.05, 0) is 30.5 Å². The summed E-state index contributed by atoms with van der Waals surface area (Å²) in [7, 11) is 1.78. The first-order valence-electron chi connectivity index (χ1n) is 5.95. The van der Waals surface area contributed by atoms with Gasteiger partial charge in [-0.15, -0.1) is 24.0 Å². The Morgan fingerprint density at radius 1 is 1.28 bits per heavy atom. The largest absolute Gasteiger partial charge is 0.356 e. The van der Waals surface area contributed by atoms with E-state index in [-0.39, 0.29) is 24.0 Å². The van der Waals surface area contributed by atoms with Gasteiger partial charge in [0, 0.05) is 25.2 Å². The molecule has 0 atom stereocenters. The van der Waals surface area contributed by atoms with E-state index in [0.29, 0.717) is 0 Å². The Labute approximate surface area is 131 Å². The van der Waals surface area contributed by atoms with Crippen LogP contribution in [0.5, 0.6) is 0 Å². The molecule has 0 heterocycles. The molecule has 0 aliphatic heterocycles. The Balaban J connectivity index is 0.00000289. The normalized spacial score (nSPS) is 10.7. The van der Waals surface area contributed by atoms with Crippen LogP contribution in [-0.2, 0) is 6.42 Å².